The summed E-state index contributed by atoms with van der Waals surface area (Å²) in [7, 11) is 0. The highest BCUT2D eigenvalue weighted by Gasteiger charge is 2.24. The third-order valence-electron chi connectivity index (χ3n) is 6.32. The van der Waals surface area contributed by atoms with Crippen LogP contribution in [0.2, 0.25) is 0 Å². The van der Waals surface area contributed by atoms with Crippen LogP contribution in [0.3, 0.4) is 0 Å². The summed E-state index contributed by atoms with van der Waals surface area (Å²) in [6.45, 7) is 7.20. The van der Waals surface area contributed by atoms with E-state index in [1.165, 1.54) is 5.56 Å². The van der Waals surface area contributed by atoms with E-state index in [9.17, 15) is 9.59 Å². The molecule has 0 spiro atoms. The highest BCUT2D eigenvalue weighted by molar-refractivity contribution is 5.89. The van der Waals surface area contributed by atoms with E-state index < -0.39 is 18.0 Å². The molecule has 0 aliphatic heterocycles. The average Bonchev–Trinajstić information content (AvgIpc) is 3.37. The fraction of sp³-hybridized carbons (Fsp3) is 0.379. The summed E-state index contributed by atoms with van der Waals surface area (Å²) >= 11 is 0. The van der Waals surface area contributed by atoms with E-state index in [0.29, 0.717) is 31.8 Å². The number of benzene rings is 2. The van der Waals surface area contributed by atoms with Crippen molar-refractivity contribution >= 4 is 17.8 Å². The number of nitrogens with zero attached hydrogens (tertiary/aromatic N) is 2. The molecular formula is C29H40N8O2. The molecule has 3 rings (SSSR count). The van der Waals surface area contributed by atoms with Gasteiger partial charge in [0, 0.05) is 37.0 Å². The van der Waals surface area contributed by atoms with Crippen LogP contribution in [0.4, 0.5) is 0 Å². The predicted octanol–water partition coefficient (Wildman–Crippen LogP) is 2.10. The Balaban J connectivity index is 1.60. The first kappa shape index (κ1) is 29.4. The summed E-state index contributed by atoms with van der Waals surface area (Å²) in [6.07, 6.45) is 2.79. The van der Waals surface area contributed by atoms with Crippen LogP contribution in [-0.2, 0) is 28.0 Å². The predicted molar refractivity (Wildman–Crippen MR) is 155 cm³/mol. The maximum absolute atomic E-state index is 13.0. The Morgan fingerprint density at radius 1 is 1.03 bits per heavy atom. The van der Waals surface area contributed by atoms with Gasteiger partial charge in [-0.1, -0.05) is 75.4 Å². The topological polar surface area (TPSA) is 177 Å². The number of nitrogens with one attached hydrogen (secondary N) is 3. The molecule has 9 N–H and O–H groups in total. The number of hydrogen-bond acceptors (Lipinski definition) is 5. The summed E-state index contributed by atoms with van der Waals surface area (Å²) in [6, 6.07) is 16.1. The van der Waals surface area contributed by atoms with Crippen molar-refractivity contribution in [3.63, 3.8) is 0 Å². The van der Waals surface area contributed by atoms with Crippen molar-refractivity contribution in [1.82, 2.24) is 20.6 Å². The normalized spacial score (nSPS) is 12.8. The van der Waals surface area contributed by atoms with Gasteiger partial charge in [-0.15, -0.1) is 0 Å². The second kappa shape index (κ2) is 13.6. The van der Waals surface area contributed by atoms with Gasteiger partial charge in [0.25, 0.3) is 0 Å². The summed E-state index contributed by atoms with van der Waals surface area (Å²) in [5, 5.41) is 5.68. The molecule has 10 nitrogen and oxygen atoms in total. The van der Waals surface area contributed by atoms with Crippen LogP contribution in [0.5, 0.6) is 0 Å². The second-order valence-electron chi connectivity index (χ2n) is 10.6. The summed E-state index contributed by atoms with van der Waals surface area (Å²) < 4.78 is 0. The summed E-state index contributed by atoms with van der Waals surface area (Å²) in [5.74, 6) is -0.0415. The highest BCUT2D eigenvalue weighted by Crippen LogP contribution is 2.25. The smallest absolute Gasteiger partial charge is 0.242 e. The van der Waals surface area contributed by atoms with Crippen LogP contribution in [0.15, 0.2) is 65.8 Å². The van der Waals surface area contributed by atoms with E-state index in [0.717, 1.165) is 16.8 Å². The largest absolute Gasteiger partial charge is 0.370 e. The lowest BCUT2D eigenvalue weighted by atomic mass is 9.87. The first-order valence-corrected chi connectivity index (χ1v) is 13.1. The molecule has 0 aliphatic rings. The van der Waals surface area contributed by atoms with Gasteiger partial charge in [-0.05, 0) is 29.4 Å². The third-order valence-corrected chi connectivity index (χ3v) is 6.32. The molecule has 0 saturated heterocycles. The molecule has 2 amide bonds. The molecule has 0 bridgehead atoms. The molecule has 3 aromatic rings. The zero-order valence-electron chi connectivity index (χ0n) is 22.9. The summed E-state index contributed by atoms with van der Waals surface area (Å²) in [5.41, 5.74) is 20.9. The fourth-order valence-electron chi connectivity index (χ4n) is 4.03. The fourth-order valence-corrected chi connectivity index (χ4v) is 4.03. The molecule has 10 heteroatoms. The number of rotatable bonds is 12. The van der Waals surface area contributed by atoms with Gasteiger partial charge in [0.2, 0.25) is 11.8 Å². The van der Waals surface area contributed by atoms with E-state index >= 15 is 0 Å². The molecule has 0 unspecified atom stereocenters. The van der Waals surface area contributed by atoms with Crippen LogP contribution >= 0.6 is 0 Å². The second-order valence-corrected chi connectivity index (χ2v) is 10.6. The third kappa shape index (κ3) is 9.26. The Morgan fingerprint density at radius 2 is 1.72 bits per heavy atom. The van der Waals surface area contributed by atoms with Crippen LogP contribution < -0.4 is 27.8 Å². The molecule has 2 aromatic carbocycles. The van der Waals surface area contributed by atoms with Gasteiger partial charge in [0.15, 0.2) is 5.96 Å². The average molecular weight is 533 g/mol. The molecular weight excluding hydrogens is 492 g/mol. The van der Waals surface area contributed by atoms with E-state index in [4.69, 9.17) is 17.2 Å². The van der Waals surface area contributed by atoms with Gasteiger partial charge in [-0.25, -0.2) is 4.98 Å². The Labute approximate surface area is 229 Å². The van der Waals surface area contributed by atoms with E-state index in [2.05, 4.69) is 58.5 Å². The van der Waals surface area contributed by atoms with Crippen molar-refractivity contribution in [2.45, 2.75) is 64.1 Å². The van der Waals surface area contributed by atoms with Crippen molar-refractivity contribution in [2.75, 3.05) is 6.54 Å². The zero-order valence-corrected chi connectivity index (χ0v) is 22.9. The van der Waals surface area contributed by atoms with Crippen LogP contribution in [0, 0.1) is 0 Å². The SMILES string of the molecule is CC(C)(C)c1ccc(-c2ncc(C[C@H](N)C(=O)N[C@@H](CCCN=C(N)N)C(=O)NCc3ccccc3)[nH]2)cc1. The number of imidazole rings is 1. The monoisotopic (exact) mass is 532 g/mol. The molecule has 2 atom stereocenters. The van der Waals surface area contributed by atoms with Gasteiger partial charge in [0.1, 0.15) is 11.9 Å². The van der Waals surface area contributed by atoms with E-state index in [-0.39, 0.29) is 23.7 Å². The van der Waals surface area contributed by atoms with Crippen LogP contribution in [-0.4, -0.2) is 46.4 Å². The Kier molecular flexibility index (Phi) is 10.2. The molecule has 39 heavy (non-hydrogen) atoms. The number of carbonyl (C=O) groups excluding carboxylic acids is 2. The lowest BCUT2D eigenvalue weighted by Gasteiger charge is -2.20. The zero-order chi connectivity index (χ0) is 28.4. The van der Waals surface area contributed by atoms with Crippen molar-refractivity contribution in [1.29, 1.82) is 0 Å². The molecule has 0 saturated carbocycles. The van der Waals surface area contributed by atoms with Crippen molar-refractivity contribution in [3.05, 3.63) is 77.6 Å². The maximum Gasteiger partial charge on any atom is 0.242 e. The van der Waals surface area contributed by atoms with E-state index in [1.807, 2.05) is 42.5 Å². The highest BCUT2D eigenvalue weighted by atomic mass is 16.2. The molecule has 0 aliphatic carbocycles. The van der Waals surface area contributed by atoms with Crippen molar-refractivity contribution < 1.29 is 9.59 Å². The minimum absolute atomic E-state index is 0.0183. The minimum Gasteiger partial charge on any atom is -0.370 e. The van der Waals surface area contributed by atoms with Crippen molar-refractivity contribution in [2.24, 2.45) is 22.2 Å². The number of aliphatic imine (C=N–C) groups is 1. The number of hydrogen-bond donors (Lipinski definition) is 6. The number of nitrogens with two attached hydrogens (primary N) is 3. The quantitative estimate of drug-likeness (QED) is 0.118. The summed E-state index contributed by atoms with van der Waals surface area (Å²) in [4.78, 5) is 37.6. The standard InChI is InChI=1S/C29H40N8O2/c1-29(2,3)21-13-11-20(12-14-21)25-34-18-22(36-25)16-23(30)26(38)37-24(10-7-15-33-28(31)32)27(39)35-17-19-8-5-4-6-9-19/h4-6,8-9,11-14,18,23-24H,7,10,15-17,30H2,1-3H3,(H,34,36)(H,35,39)(H,37,38)(H4,31,32,33)/t23-,24-/m0/s1. The number of amides is 2. The Morgan fingerprint density at radius 3 is 2.36 bits per heavy atom. The molecule has 0 fully saturated rings. The van der Waals surface area contributed by atoms with Crippen LogP contribution in [0.1, 0.15) is 50.4 Å². The Hall–Kier alpha value is -4.18. The molecule has 1 aromatic heterocycles. The molecule has 1 heterocycles. The van der Waals surface area contributed by atoms with Crippen molar-refractivity contribution in [3.8, 4) is 11.4 Å². The van der Waals surface area contributed by atoms with Gasteiger partial charge < -0.3 is 32.8 Å². The number of carbonyl (C=O) groups is 2. The number of aromatic amines is 1. The maximum atomic E-state index is 13.0. The Bertz CT molecular complexity index is 1240. The number of aromatic nitrogens is 2. The van der Waals surface area contributed by atoms with Gasteiger partial charge in [-0.2, -0.15) is 0 Å². The molecule has 208 valence electrons. The number of H-pyrrole nitrogens is 1. The molecule has 0 radical (unpaired) electrons. The lowest BCUT2D eigenvalue weighted by Crippen LogP contribution is -2.52. The first-order chi connectivity index (χ1) is 18.5. The minimum atomic E-state index is -0.872. The first-order valence-electron chi connectivity index (χ1n) is 13.1. The lowest BCUT2D eigenvalue weighted by molar-refractivity contribution is -0.129. The van der Waals surface area contributed by atoms with Gasteiger partial charge in [0.05, 0.1) is 6.04 Å². The van der Waals surface area contributed by atoms with Gasteiger partial charge in [-0.3, -0.25) is 14.6 Å². The number of guanidine groups is 1. The van der Waals surface area contributed by atoms with E-state index in [1.54, 1.807) is 6.20 Å². The van der Waals surface area contributed by atoms with Gasteiger partial charge >= 0.3 is 0 Å². The van der Waals surface area contributed by atoms with Crippen LogP contribution in [0.25, 0.3) is 11.4 Å².